The first-order valence-corrected chi connectivity index (χ1v) is 8.41. The second-order valence-corrected chi connectivity index (χ2v) is 5.84. The van der Waals surface area contributed by atoms with Gasteiger partial charge >= 0.3 is 5.97 Å². The maximum atomic E-state index is 12.9. The molecule has 0 aliphatic heterocycles. The number of hydrogen-bond donors (Lipinski definition) is 1. The minimum Gasteiger partial charge on any atom is -0.466 e. The Morgan fingerprint density at radius 2 is 2.11 bits per heavy atom. The van der Waals surface area contributed by atoms with Crippen LogP contribution in [0.15, 0.2) is 43.2 Å². The van der Waals surface area contributed by atoms with E-state index < -0.39 is 11.9 Å². The fraction of sp³-hybridized carbons (Fsp3) is 0.211. The van der Waals surface area contributed by atoms with E-state index in [4.69, 9.17) is 4.74 Å². The molecule has 27 heavy (non-hydrogen) atoms. The zero-order valence-corrected chi connectivity index (χ0v) is 15.1. The van der Waals surface area contributed by atoms with Crippen molar-refractivity contribution in [2.24, 2.45) is 0 Å². The highest BCUT2D eigenvalue weighted by molar-refractivity contribution is 6.07. The van der Waals surface area contributed by atoms with Crippen molar-refractivity contribution in [2.45, 2.75) is 20.3 Å². The Kier molecular flexibility index (Phi) is 5.25. The van der Waals surface area contributed by atoms with Crippen LogP contribution in [0.3, 0.4) is 0 Å². The molecule has 0 unspecified atom stereocenters. The van der Waals surface area contributed by atoms with Crippen LogP contribution in [0.4, 0.5) is 5.69 Å². The zero-order valence-electron chi connectivity index (χ0n) is 15.1. The van der Waals surface area contributed by atoms with E-state index in [-0.39, 0.29) is 18.7 Å². The summed E-state index contributed by atoms with van der Waals surface area (Å²) in [6, 6.07) is 6.88. The summed E-state index contributed by atoms with van der Waals surface area (Å²) in [7, 11) is 0. The van der Waals surface area contributed by atoms with Gasteiger partial charge in [-0.05, 0) is 43.7 Å². The van der Waals surface area contributed by atoms with Crippen molar-refractivity contribution in [3.05, 3.63) is 60.5 Å². The number of ether oxygens (including phenoxy) is 1. The summed E-state index contributed by atoms with van der Waals surface area (Å²) in [6.07, 6.45) is 3.25. The van der Waals surface area contributed by atoms with Gasteiger partial charge < -0.3 is 10.1 Å². The average molecular weight is 365 g/mol. The average Bonchev–Trinajstić information content (AvgIpc) is 3.11. The first kappa shape index (κ1) is 18.2. The molecule has 3 aromatic rings. The zero-order chi connectivity index (χ0) is 19.4. The van der Waals surface area contributed by atoms with E-state index in [0.717, 1.165) is 0 Å². The van der Waals surface area contributed by atoms with E-state index in [1.807, 2.05) is 0 Å². The van der Waals surface area contributed by atoms with Gasteiger partial charge in [0.15, 0.2) is 11.5 Å². The Labute approximate surface area is 155 Å². The lowest BCUT2D eigenvalue weighted by Gasteiger charge is -2.11. The number of nitrogens with one attached hydrogen (secondary N) is 1. The molecule has 1 amide bonds. The maximum absolute atomic E-state index is 12.9. The Balaban J connectivity index is 1.93. The fourth-order valence-electron chi connectivity index (χ4n) is 2.51. The molecule has 0 atom stereocenters. The molecule has 0 aromatic carbocycles. The predicted octanol–water partition coefficient (Wildman–Crippen LogP) is 2.52. The third-order valence-corrected chi connectivity index (χ3v) is 3.74. The third-order valence-electron chi connectivity index (χ3n) is 3.74. The number of nitrogens with zero attached hydrogens (tertiary/aromatic N) is 4. The van der Waals surface area contributed by atoms with Crippen LogP contribution in [0, 0.1) is 0 Å². The number of amides is 1. The molecule has 0 bridgehead atoms. The van der Waals surface area contributed by atoms with Gasteiger partial charge in [-0.3, -0.25) is 14.6 Å². The summed E-state index contributed by atoms with van der Waals surface area (Å²) >= 11 is 0. The first-order chi connectivity index (χ1) is 13.0. The number of rotatable bonds is 6. The summed E-state index contributed by atoms with van der Waals surface area (Å²) in [5, 5.41) is 7.09. The second-order valence-electron chi connectivity index (χ2n) is 5.84. The van der Waals surface area contributed by atoms with E-state index >= 15 is 0 Å². The van der Waals surface area contributed by atoms with Crippen molar-refractivity contribution in [1.29, 1.82) is 0 Å². The van der Waals surface area contributed by atoms with Crippen LogP contribution < -0.4 is 5.32 Å². The first-order valence-electron chi connectivity index (χ1n) is 8.41. The van der Waals surface area contributed by atoms with E-state index in [0.29, 0.717) is 28.3 Å². The molecule has 0 saturated heterocycles. The van der Waals surface area contributed by atoms with Gasteiger partial charge in [0.25, 0.3) is 5.91 Å². The van der Waals surface area contributed by atoms with Gasteiger partial charge in [0.05, 0.1) is 29.9 Å². The van der Waals surface area contributed by atoms with Gasteiger partial charge in [-0.1, -0.05) is 6.58 Å². The topological polar surface area (TPSA) is 98.5 Å². The van der Waals surface area contributed by atoms with Crippen LogP contribution in [-0.4, -0.2) is 38.1 Å². The number of esters is 1. The normalized spacial score (nSPS) is 10.6. The van der Waals surface area contributed by atoms with Crippen molar-refractivity contribution >= 4 is 28.7 Å². The summed E-state index contributed by atoms with van der Waals surface area (Å²) in [4.78, 5) is 33.2. The molecule has 8 nitrogen and oxygen atoms in total. The molecule has 0 saturated carbocycles. The van der Waals surface area contributed by atoms with E-state index in [1.165, 1.54) is 0 Å². The number of aromatic nitrogens is 4. The van der Waals surface area contributed by atoms with Gasteiger partial charge in [0.1, 0.15) is 0 Å². The van der Waals surface area contributed by atoms with E-state index in [9.17, 15) is 9.59 Å². The van der Waals surface area contributed by atoms with Gasteiger partial charge in [0, 0.05) is 12.4 Å². The van der Waals surface area contributed by atoms with Crippen LogP contribution >= 0.6 is 0 Å². The lowest BCUT2D eigenvalue weighted by Crippen LogP contribution is -2.19. The molecule has 0 spiro atoms. The number of pyridine rings is 1. The van der Waals surface area contributed by atoms with E-state index in [2.05, 4.69) is 27.0 Å². The molecule has 0 aliphatic rings. The Hall–Kier alpha value is -3.55. The molecular formula is C19H19N5O3. The van der Waals surface area contributed by atoms with E-state index in [1.54, 1.807) is 55.0 Å². The smallest absolute Gasteiger partial charge is 0.311 e. The minimum absolute atomic E-state index is 0.0361. The molecule has 3 rings (SSSR count). The highest BCUT2D eigenvalue weighted by atomic mass is 16.5. The van der Waals surface area contributed by atoms with Crippen molar-refractivity contribution in [2.75, 3.05) is 11.9 Å². The lowest BCUT2D eigenvalue weighted by atomic mass is 10.2. The molecule has 0 fully saturated rings. The standard InChI is InChI=1S/C19H19N5O3/c1-4-27-16(25)11-14-13(7-5-9-20-14)21-19(26)17-15-8-6-10-24(15)23-18(22-17)12(2)3/h5-10H,2,4,11H2,1,3H3,(H,21,26). The van der Waals surface area contributed by atoms with Crippen LogP contribution in [-0.2, 0) is 16.0 Å². The second kappa shape index (κ2) is 7.77. The molecule has 8 heteroatoms. The molecule has 0 aliphatic carbocycles. The Bertz CT molecular complexity index is 1030. The van der Waals surface area contributed by atoms with Crippen LogP contribution in [0.2, 0.25) is 0 Å². The summed E-state index contributed by atoms with van der Waals surface area (Å²) < 4.78 is 6.53. The third kappa shape index (κ3) is 4.00. The number of anilines is 1. The predicted molar refractivity (Wildman–Crippen MR) is 100 cm³/mol. The summed E-state index contributed by atoms with van der Waals surface area (Å²) in [5.74, 6) is -0.462. The monoisotopic (exact) mass is 365 g/mol. The summed E-state index contributed by atoms with van der Waals surface area (Å²) in [6.45, 7) is 7.62. The number of allylic oxidation sites excluding steroid dienone is 1. The molecule has 3 aromatic heterocycles. The molecule has 138 valence electrons. The maximum Gasteiger partial charge on any atom is 0.311 e. The molecule has 1 N–H and O–H groups in total. The number of carbonyl (C=O) groups excluding carboxylic acids is 2. The number of fused-ring (bicyclic) bond motifs is 1. The minimum atomic E-state index is -0.429. The van der Waals surface area contributed by atoms with Gasteiger partial charge in [-0.25, -0.2) is 9.50 Å². The van der Waals surface area contributed by atoms with Crippen molar-refractivity contribution in [3.8, 4) is 0 Å². The fourth-order valence-corrected chi connectivity index (χ4v) is 2.51. The molecule has 3 heterocycles. The van der Waals surface area contributed by atoms with Gasteiger partial charge in [-0.2, -0.15) is 0 Å². The summed E-state index contributed by atoms with van der Waals surface area (Å²) in [5.41, 5.74) is 2.26. The number of carbonyl (C=O) groups is 2. The highest BCUT2D eigenvalue weighted by Crippen LogP contribution is 2.18. The highest BCUT2D eigenvalue weighted by Gasteiger charge is 2.18. The van der Waals surface area contributed by atoms with Crippen molar-refractivity contribution in [3.63, 3.8) is 0 Å². The molecule has 0 radical (unpaired) electrons. The SMILES string of the molecule is C=C(C)c1nc(C(=O)Nc2cccnc2CC(=O)OCC)c2cccn2n1. The van der Waals surface area contributed by atoms with Gasteiger partial charge in [0.2, 0.25) is 0 Å². The van der Waals surface area contributed by atoms with Gasteiger partial charge in [-0.15, -0.1) is 5.10 Å². The lowest BCUT2D eigenvalue weighted by molar-refractivity contribution is -0.142. The van der Waals surface area contributed by atoms with Crippen LogP contribution in [0.1, 0.15) is 35.9 Å². The quantitative estimate of drug-likeness (QED) is 0.674. The number of hydrogen-bond acceptors (Lipinski definition) is 6. The van der Waals surface area contributed by atoms with Crippen LogP contribution in [0.25, 0.3) is 11.1 Å². The van der Waals surface area contributed by atoms with Crippen LogP contribution in [0.5, 0.6) is 0 Å². The Morgan fingerprint density at radius 3 is 2.85 bits per heavy atom. The van der Waals surface area contributed by atoms with Crippen molar-refractivity contribution in [1.82, 2.24) is 19.6 Å². The Morgan fingerprint density at radius 1 is 1.30 bits per heavy atom. The molecular weight excluding hydrogens is 346 g/mol. The largest absolute Gasteiger partial charge is 0.466 e. The van der Waals surface area contributed by atoms with Crippen molar-refractivity contribution < 1.29 is 14.3 Å².